The summed E-state index contributed by atoms with van der Waals surface area (Å²) in [6, 6.07) is 33.9. The second-order valence-electron chi connectivity index (χ2n) is 10.8. The van der Waals surface area contributed by atoms with Gasteiger partial charge in [-0.1, -0.05) is 72.3 Å². The minimum absolute atomic E-state index is 0.405. The Morgan fingerprint density at radius 2 is 1.39 bits per heavy atom. The van der Waals surface area contributed by atoms with Crippen LogP contribution in [0.3, 0.4) is 0 Å². The van der Waals surface area contributed by atoms with Crippen LogP contribution in [-0.4, -0.2) is 57.6 Å². The van der Waals surface area contributed by atoms with Gasteiger partial charge in [0.05, 0.1) is 20.3 Å². The first-order chi connectivity index (χ1) is 21.6. The molecule has 228 valence electrons. The zero-order chi connectivity index (χ0) is 30.6. The third-order valence-corrected chi connectivity index (χ3v) is 7.61. The number of methoxy groups -OCH3 is 1. The molecule has 0 unspecified atom stereocenters. The quantitative estimate of drug-likeness (QED) is 0.196. The van der Waals surface area contributed by atoms with Gasteiger partial charge < -0.3 is 24.3 Å². The number of allylic oxidation sites excluding steroid dienone is 1. The Labute approximate surface area is 260 Å². The minimum Gasteiger partial charge on any atom is -0.497 e. The molecule has 0 bridgehead atoms. The van der Waals surface area contributed by atoms with Gasteiger partial charge in [-0.25, -0.2) is 4.79 Å². The van der Waals surface area contributed by atoms with Gasteiger partial charge in [-0.15, -0.1) is 0 Å². The van der Waals surface area contributed by atoms with Crippen molar-refractivity contribution in [3.63, 3.8) is 0 Å². The smallest absolute Gasteiger partial charge is 0.412 e. The Balaban J connectivity index is 1.30. The molecule has 1 aliphatic rings. The lowest BCUT2D eigenvalue weighted by Gasteiger charge is -2.26. The van der Waals surface area contributed by atoms with Crippen molar-refractivity contribution in [3.8, 4) is 17.2 Å². The van der Waals surface area contributed by atoms with Gasteiger partial charge in [0.15, 0.2) is 0 Å². The summed E-state index contributed by atoms with van der Waals surface area (Å²) in [5, 5.41) is 2.80. The lowest BCUT2D eigenvalue weighted by Crippen LogP contribution is -2.38. The van der Waals surface area contributed by atoms with Crippen LogP contribution in [0.1, 0.15) is 29.2 Å². The molecule has 1 heterocycles. The van der Waals surface area contributed by atoms with Crippen LogP contribution in [0.4, 0.5) is 4.79 Å². The molecule has 1 fully saturated rings. The van der Waals surface area contributed by atoms with Gasteiger partial charge in [-0.05, 0) is 77.6 Å². The summed E-state index contributed by atoms with van der Waals surface area (Å²) in [5.41, 5.74) is 6.67. The summed E-state index contributed by atoms with van der Waals surface area (Å²) >= 11 is 0. The van der Waals surface area contributed by atoms with Gasteiger partial charge in [-0.2, -0.15) is 0 Å². The molecule has 1 aliphatic heterocycles. The summed E-state index contributed by atoms with van der Waals surface area (Å²) < 4.78 is 22.4. The van der Waals surface area contributed by atoms with E-state index in [1.165, 1.54) is 11.1 Å². The Hall–Kier alpha value is -4.59. The molecule has 5 rings (SSSR count). The summed E-state index contributed by atoms with van der Waals surface area (Å²) in [6.07, 6.45) is 0.286. The third-order valence-electron chi connectivity index (χ3n) is 7.61. The lowest BCUT2D eigenvalue weighted by atomic mass is 9.90. The van der Waals surface area contributed by atoms with Crippen molar-refractivity contribution in [3.05, 3.63) is 131 Å². The topological polar surface area (TPSA) is 69.3 Å². The zero-order valence-corrected chi connectivity index (χ0v) is 25.5. The van der Waals surface area contributed by atoms with Gasteiger partial charge in [0.2, 0.25) is 0 Å². The highest BCUT2D eigenvalue weighted by atomic mass is 16.6. The van der Waals surface area contributed by atoms with Gasteiger partial charge >= 0.3 is 6.09 Å². The zero-order valence-electron chi connectivity index (χ0n) is 25.5. The highest BCUT2D eigenvalue weighted by Gasteiger charge is 2.13. The number of hydrogen-bond acceptors (Lipinski definition) is 6. The van der Waals surface area contributed by atoms with E-state index in [9.17, 15) is 4.79 Å². The van der Waals surface area contributed by atoms with Crippen LogP contribution in [0, 0.1) is 0 Å². The van der Waals surface area contributed by atoms with Gasteiger partial charge in [-0.3, -0.25) is 4.90 Å². The first-order valence-corrected chi connectivity index (χ1v) is 15.0. The van der Waals surface area contributed by atoms with Crippen molar-refractivity contribution in [2.75, 3.05) is 46.6 Å². The van der Waals surface area contributed by atoms with E-state index < -0.39 is 6.09 Å². The van der Waals surface area contributed by atoms with Crippen molar-refractivity contribution in [2.24, 2.45) is 0 Å². The van der Waals surface area contributed by atoms with Crippen molar-refractivity contribution >= 4 is 11.7 Å². The van der Waals surface area contributed by atoms with Crippen LogP contribution >= 0.6 is 0 Å². The maximum absolute atomic E-state index is 12.4. The van der Waals surface area contributed by atoms with E-state index in [0.29, 0.717) is 18.9 Å². The molecule has 1 N–H and O–H groups in total. The van der Waals surface area contributed by atoms with E-state index in [4.69, 9.17) is 18.9 Å². The first kappa shape index (κ1) is 30.9. The summed E-state index contributed by atoms with van der Waals surface area (Å²) in [7, 11) is 1.68. The number of nitrogens with zero attached hydrogens (tertiary/aromatic N) is 1. The first-order valence-electron chi connectivity index (χ1n) is 15.0. The van der Waals surface area contributed by atoms with Crippen LogP contribution in [0.15, 0.2) is 109 Å². The number of morpholine rings is 1. The van der Waals surface area contributed by atoms with E-state index in [0.717, 1.165) is 73.0 Å². The number of ether oxygens (including phenoxy) is 4. The number of carbonyl (C=O) groups is 1. The fourth-order valence-corrected chi connectivity index (χ4v) is 5.24. The molecule has 7 nitrogen and oxygen atoms in total. The highest BCUT2D eigenvalue weighted by Crippen LogP contribution is 2.31. The number of rotatable bonds is 12. The number of nitrogens with one attached hydrogen (secondary N) is 1. The summed E-state index contributed by atoms with van der Waals surface area (Å²) in [4.78, 5) is 14.8. The van der Waals surface area contributed by atoms with Crippen LogP contribution in [-0.2, 0) is 17.7 Å². The average Bonchev–Trinajstić information content (AvgIpc) is 3.07. The Morgan fingerprint density at radius 1 is 0.773 bits per heavy atom. The normalized spacial score (nSPS) is 14.0. The number of benzene rings is 4. The molecule has 44 heavy (non-hydrogen) atoms. The Kier molecular flexibility index (Phi) is 11.0. The van der Waals surface area contributed by atoms with Crippen LogP contribution in [0.25, 0.3) is 5.57 Å². The molecular formula is C37H40N2O5. The van der Waals surface area contributed by atoms with E-state index >= 15 is 0 Å². The van der Waals surface area contributed by atoms with Crippen molar-refractivity contribution in [1.82, 2.24) is 10.2 Å². The van der Waals surface area contributed by atoms with Gasteiger partial charge in [0.1, 0.15) is 23.9 Å². The molecule has 0 saturated carbocycles. The standard InChI is InChI=1S/C37H40N2O5/c1-28(26-29-8-14-33(41-2)15-9-29)36(31-10-16-34(17-11-31)43-25-22-39-20-23-42-24-21-39)32-12-18-35(19-13-32)44-37(40)38-27-30-6-4-3-5-7-30/h3-19H,20-27H2,1-2H3,(H,38,40)/b36-28-. The largest absolute Gasteiger partial charge is 0.497 e. The fraction of sp³-hybridized carbons (Fsp3) is 0.270. The van der Waals surface area contributed by atoms with E-state index in [1.54, 1.807) is 7.11 Å². The monoisotopic (exact) mass is 592 g/mol. The molecule has 1 saturated heterocycles. The van der Waals surface area contributed by atoms with Gasteiger partial charge in [0, 0.05) is 26.2 Å². The molecule has 0 spiro atoms. The van der Waals surface area contributed by atoms with Crippen molar-refractivity contribution < 1.29 is 23.7 Å². The third kappa shape index (κ3) is 8.96. The average molecular weight is 593 g/mol. The maximum atomic E-state index is 12.4. The fourth-order valence-electron chi connectivity index (χ4n) is 5.24. The molecule has 1 amide bonds. The molecular weight excluding hydrogens is 552 g/mol. The predicted octanol–water partition coefficient (Wildman–Crippen LogP) is 6.76. The molecule has 0 atom stereocenters. The molecule has 7 heteroatoms. The van der Waals surface area contributed by atoms with E-state index in [1.807, 2.05) is 78.9 Å². The SMILES string of the molecule is COc1ccc(C/C(C)=C(/c2ccc(OCCN3CCOCC3)cc2)c2ccc(OC(=O)NCc3ccccc3)cc2)cc1. The van der Waals surface area contributed by atoms with Crippen molar-refractivity contribution in [2.45, 2.75) is 19.9 Å². The van der Waals surface area contributed by atoms with E-state index in [-0.39, 0.29) is 0 Å². The molecule has 4 aromatic rings. The second kappa shape index (κ2) is 15.8. The minimum atomic E-state index is -0.489. The van der Waals surface area contributed by atoms with E-state index in [2.05, 4.69) is 41.4 Å². The van der Waals surface area contributed by atoms with Crippen molar-refractivity contribution in [1.29, 1.82) is 0 Å². The van der Waals surface area contributed by atoms with Crippen LogP contribution in [0.2, 0.25) is 0 Å². The molecule has 0 aromatic heterocycles. The molecule has 0 aliphatic carbocycles. The number of hydrogen-bond donors (Lipinski definition) is 1. The summed E-state index contributed by atoms with van der Waals surface area (Å²) in [6.45, 7) is 7.56. The lowest BCUT2D eigenvalue weighted by molar-refractivity contribution is 0.0322. The molecule has 4 aromatic carbocycles. The number of amides is 1. The number of carbonyl (C=O) groups excluding carboxylic acids is 1. The Bertz CT molecular complexity index is 1490. The van der Waals surface area contributed by atoms with Gasteiger partial charge in [0.25, 0.3) is 0 Å². The van der Waals surface area contributed by atoms with Crippen LogP contribution in [0.5, 0.6) is 17.2 Å². The maximum Gasteiger partial charge on any atom is 0.412 e. The Morgan fingerprint density at radius 3 is 2.02 bits per heavy atom. The predicted molar refractivity (Wildman–Crippen MR) is 173 cm³/mol. The van der Waals surface area contributed by atoms with Crippen LogP contribution < -0.4 is 19.5 Å². The highest BCUT2D eigenvalue weighted by molar-refractivity contribution is 5.83. The summed E-state index contributed by atoms with van der Waals surface area (Å²) in [5.74, 6) is 2.16. The molecule has 0 radical (unpaired) electrons. The second-order valence-corrected chi connectivity index (χ2v) is 10.8.